The lowest BCUT2D eigenvalue weighted by Crippen LogP contribution is -2.48. The van der Waals surface area contributed by atoms with E-state index in [-0.39, 0.29) is 23.5 Å². The van der Waals surface area contributed by atoms with Crippen LogP contribution in [0, 0.1) is 24.6 Å². The molecule has 1 aromatic carbocycles. The molecule has 1 aromatic heterocycles. The maximum atomic E-state index is 13.5. The van der Waals surface area contributed by atoms with E-state index >= 15 is 0 Å². The minimum absolute atomic E-state index is 0.0353. The topological polar surface area (TPSA) is 93.0 Å². The predicted octanol–water partition coefficient (Wildman–Crippen LogP) is 1.67. The monoisotopic (exact) mass is 414 g/mol. The van der Waals surface area contributed by atoms with Gasteiger partial charge in [0.05, 0.1) is 5.92 Å². The van der Waals surface area contributed by atoms with Gasteiger partial charge in [-0.2, -0.15) is 0 Å². The van der Waals surface area contributed by atoms with Gasteiger partial charge in [-0.3, -0.25) is 9.59 Å². The standard InChI is InChI=1S/C21H27FN6O2/c1-14-24-25-26-28(14)19(11-15-6-8-18(22)9-7-15)21(30)27-10-2-3-17(13-27)20(29)23-12-16-4-5-16/h6-9,16-17,19H,2-5,10-13H2,1H3,(H,23,29)/t17-,19-/m1/s1. The van der Waals surface area contributed by atoms with Gasteiger partial charge < -0.3 is 10.2 Å². The molecule has 2 aromatic rings. The predicted molar refractivity (Wildman–Crippen MR) is 107 cm³/mol. The van der Waals surface area contributed by atoms with Gasteiger partial charge in [0.2, 0.25) is 11.8 Å². The Balaban J connectivity index is 1.48. The van der Waals surface area contributed by atoms with Crippen molar-refractivity contribution in [3.05, 3.63) is 41.5 Å². The number of likely N-dealkylation sites (tertiary alicyclic amines) is 1. The number of rotatable bonds is 7. The van der Waals surface area contributed by atoms with E-state index in [1.807, 2.05) is 0 Å². The molecule has 30 heavy (non-hydrogen) atoms. The van der Waals surface area contributed by atoms with Crippen LogP contribution >= 0.6 is 0 Å². The number of nitrogens with one attached hydrogen (secondary N) is 1. The highest BCUT2D eigenvalue weighted by Gasteiger charge is 2.34. The number of carbonyl (C=O) groups excluding carboxylic acids is 2. The van der Waals surface area contributed by atoms with Crippen LogP contribution in [0.5, 0.6) is 0 Å². The van der Waals surface area contributed by atoms with Crippen LogP contribution in [-0.4, -0.2) is 56.6 Å². The van der Waals surface area contributed by atoms with Gasteiger partial charge in [0, 0.05) is 26.1 Å². The summed E-state index contributed by atoms with van der Waals surface area (Å²) in [7, 11) is 0. The molecule has 160 valence electrons. The lowest BCUT2D eigenvalue weighted by atomic mass is 9.95. The zero-order chi connectivity index (χ0) is 21.1. The van der Waals surface area contributed by atoms with Crippen molar-refractivity contribution in [2.45, 2.75) is 45.1 Å². The fourth-order valence-electron chi connectivity index (χ4n) is 3.96. The first-order valence-electron chi connectivity index (χ1n) is 10.6. The Morgan fingerprint density at radius 1 is 1.23 bits per heavy atom. The summed E-state index contributed by atoms with van der Waals surface area (Å²) in [6, 6.07) is 5.45. The third-order valence-electron chi connectivity index (χ3n) is 5.95. The van der Waals surface area contributed by atoms with Crippen molar-refractivity contribution < 1.29 is 14.0 Å². The van der Waals surface area contributed by atoms with Crippen LogP contribution in [0.3, 0.4) is 0 Å². The average Bonchev–Trinajstić information content (AvgIpc) is 3.50. The SMILES string of the molecule is Cc1nnnn1[C@H](Cc1ccc(F)cc1)C(=O)N1CCC[C@@H](C(=O)NCC2CC2)C1. The van der Waals surface area contributed by atoms with Crippen LogP contribution in [-0.2, 0) is 16.0 Å². The van der Waals surface area contributed by atoms with Crippen LogP contribution in [0.2, 0.25) is 0 Å². The molecule has 2 heterocycles. The Labute approximate surface area is 174 Å². The summed E-state index contributed by atoms with van der Waals surface area (Å²) in [4.78, 5) is 27.8. The number of hydrogen-bond donors (Lipinski definition) is 1. The third kappa shape index (κ3) is 4.83. The van der Waals surface area contributed by atoms with Crippen molar-refractivity contribution in [1.82, 2.24) is 30.4 Å². The minimum atomic E-state index is -0.640. The van der Waals surface area contributed by atoms with Gasteiger partial charge >= 0.3 is 0 Å². The Kier molecular flexibility index (Phi) is 6.06. The lowest BCUT2D eigenvalue weighted by Gasteiger charge is -2.34. The van der Waals surface area contributed by atoms with Gasteiger partial charge in [0.25, 0.3) is 0 Å². The maximum absolute atomic E-state index is 13.5. The normalized spacial score (nSPS) is 20.1. The highest BCUT2D eigenvalue weighted by Crippen LogP contribution is 2.28. The maximum Gasteiger partial charge on any atom is 0.247 e. The van der Waals surface area contributed by atoms with Gasteiger partial charge in [-0.05, 0) is 66.6 Å². The molecule has 0 radical (unpaired) electrons. The molecule has 2 aliphatic rings. The molecular formula is C21H27FN6O2. The second-order valence-corrected chi connectivity index (χ2v) is 8.33. The molecule has 1 aliphatic carbocycles. The van der Waals surface area contributed by atoms with Crippen molar-refractivity contribution in [3.63, 3.8) is 0 Å². The largest absolute Gasteiger partial charge is 0.356 e. The number of tetrazole rings is 1. The fourth-order valence-corrected chi connectivity index (χ4v) is 3.96. The molecule has 0 spiro atoms. The van der Waals surface area contributed by atoms with Crippen molar-refractivity contribution in [3.8, 4) is 0 Å². The average molecular weight is 414 g/mol. The van der Waals surface area contributed by atoms with Gasteiger partial charge in [-0.15, -0.1) is 5.10 Å². The van der Waals surface area contributed by atoms with E-state index in [0.29, 0.717) is 31.3 Å². The smallest absolute Gasteiger partial charge is 0.247 e. The van der Waals surface area contributed by atoms with Crippen LogP contribution in [0.15, 0.2) is 24.3 Å². The second kappa shape index (κ2) is 8.89. The molecule has 0 unspecified atom stereocenters. The lowest BCUT2D eigenvalue weighted by molar-refractivity contribution is -0.139. The zero-order valence-corrected chi connectivity index (χ0v) is 17.1. The summed E-state index contributed by atoms with van der Waals surface area (Å²) in [5, 5.41) is 14.6. The summed E-state index contributed by atoms with van der Waals surface area (Å²) >= 11 is 0. The molecule has 9 heteroatoms. The number of aromatic nitrogens is 4. The first kappa shape index (κ1) is 20.4. The number of halogens is 1. The Bertz CT molecular complexity index is 895. The number of nitrogens with zero attached hydrogens (tertiary/aromatic N) is 5. The van der Waals surface area contributed by atoms with Crippen molar-refractivity contribution in [2.24, 2.45) is 11.8 Å². The quantitative estimate of drug-likeness (QED) is 0.744. The molecule has 1 saturated carbocycles. The van der Waals surface area contributed by atoms with Crippen LogP contribution in [0.4, 0.5) is 4.39 Å². The van der Waals surface area contributed by atoms with E-state index in [0.717, 1.165) is 24.9 Å². The summed E-state index contributed by atoms with van der Waals surface area (Å²) in [5.74, 6) is 0.561. The van der Waals surface area contributed by atoms with E-state index in [1.54, 1.807) is 24.0 Å². The molecular weight excluding hydrogens is 387 g/mol. The van der Waals surface area contributed by atoms with E-state index in [1.165, 1.54) is 29.7 Å². The van der Waals surface area contributed by atoms with E-state index in [4.69, 9.17) is 0 Å². The van der Waals surface area contributed by atoms with Crippen molar-refractivity contribution in [1.29, 1.82) is 0 Å². The molecule has 0 bridgehead atoms. The zero-order valence-electron chi connectivity index (χ0n) is 17.1. The highest BCUT2D eigenvalue weighted by molar-refractivity contribution is 5.83. The van der Waals surface area contributed by atoms with Crippen molar-refractivity contribution in [2.75, 3.05) is 19.6 Å². The summed E-state index contributed by atoms with van der Waals surface area (Å²) in [5.41, 5.74) is 0.820. The molecule has 8 nitrogen and oxygen atoms in total. The molecule has 2 atom stereocenters. The first-order chi connectivity index (χ1) is 14.5. The van der Waals surface area contributed by atoms with Crippen molar-refractivity contribution >= 4 is 11.8 Å². The van der Waals surface area contributed by atoms with E-state index in [2.05, 4.69) is 20.8 Å². The number of amides is 2. The van der Waals surface area contributed by atoms with Crippen LogP contribution < -0.4 is 5.32 Å². The molecule has 2 fully saturated rings. The number of carbonyl (C=O) groups is 2. The number of benzene rings is 1. The van der Waals surface area contributed by atoms with Gasteiger partial charge in [0.15, 0.2) is 0 Å². The van der Waals surface area contributed by atoms with Gasteiger partial charge in [-0.1, -0.05) is 12.1 Å². The summed E-state index contributed by atoms with van der Waals surface area (Å²) in [6.45, 7) is 3.48. The third-order valence-corrected chi connectivity index (χ3v) is 5.95. The Morgan fingerprint density at radius 2 is 2.00 bits per heavy atom. The highest BCUT2D eigenvalue weighted by atomic mass is 19.1. The first-order valence-corrected chi connectivity index (χ1v) is 10.6. The molecule has 1 saturated heterocycles. The molecule has 1 aliphatic heterocycles. The molecule has 1 N–H and O–H groups in total. The van der Waals surface area contributed by atoms with Crippen LogP contribution in [0.1, 0.15) is 43.1 Å². The number of aryl methyl sites for hydroxylation is 1. The minimum Gasteiger partial charge on any atom is -0.356 e. The van der Waals surface area contributed by atoms with Gasteiger partial charge in [-0.25, -0.2) is 9.07 Å². The Morgan fingerprint density at radius 3 is 2.67 bits per heavy atom. The van der Waals surface area contributed by atoms with Gasteiger partial charge in [0.1, 0.15) is 17.7 Å². The Hall–Kier alpha value is -2.84. The number of hydrogen-bond acceptors (Lipinski definition) is 5. The fraction of sp³-hybridized carbons (Fsp3) is 0.571. The van der Waals surface area contributed by atoms with Crippen LogP contribution in [0.25, 0.3) is 0 Å². The summed E-state index contributed by atoms with van der Waals surface area (Å²) in [6.07, 6.45) is 4.29. The second-order valence-electron chi connectivity index (χ2n) is 8.33. The summed E-state index contributed by atoms with van der Waals surface area (Å²) < 4.78 is 14.8. The molecule has 2 amide bonds. The van der Waals surface area contributed by atoms with E-state index < -0.39 is 6.04 Å². The van der Waals surface area contributed by atoms with E-state index in [9.17, 15) is 14.0 Å². The number of piperidine rings is 1. The molecule has 4 rings (SSSR count).